The number of ether oxygens (including phenoxy) is 1. The zero-order valence-corrected chi connectivity index (χ0v) is 11.0. The molecule has 112 valence electrons. The molecule has 0 saturated carbocycles. The van der Waals surface area contributed by atoms with Crippen molar-refractivity contribution in [3.05, 3.63) is 42.0 Å². The van der Waals surface area contributed by atoms with Crippen LogP contribution in [0.4, 0.5) is 0 Å². The summed E-state index contributed by atoms with van der Waals surface area (Å²) >= 11 is 0. The molecule has 0 aromatic heterocycles. The Hall–Kier alpha value is -3.09. The van der Waals surface area contributed by atoms with Gasteiger partial charge in [-0.3, -0.25) is 0 Å². The van der Waals surface area contributed by atoms with Crippen LogP contribution in [-0.2, 0) is 4.74 Å². The lowest BCUT2D eigenvalue weighted by atomic mass is 10.2. The van der Waals surface area contributed by atoms with Crippen LogP contribution < -0.4 is 0 Å². The van der Waals surface area contributed by atoms with Crippen molar-refractivity contribution in [3.63, 3.8) is 0 Å². The van der Waals surface area contributed by atoms with E-state index in [9.17, 15) is 4.79 Å². The Morgan fingerprint density at radius 3 is 1.62 bits per heavy atom. The van der Waals surface area contributed by atoms with Gasteiger partial charge in [-0.2, -0.15) is 0 Å². The number of rotatable bonds is 1. The molecular formula is C14H14O7. The first-order chi connectivity index (χ1) is 9.86. The minimum Gasteiger partial charge on any atom is -0.504 e. The van der Waals surface area contributed by atoms with Gasteiger partial charge in [-0.15, -0.1) is 0 Å². The highest BCUT2D eigenvalue weighted by atomic mass is 16.5. The van der Waals surface area contributed by atoms with Gasteiger partial charge in [-0.1, -0.05) is 12.1 Å². The predicted octanol–water partition coefficient (Wildman–Crippen LogP) is 1.69. The van der Waals surface area contributed by atoms with E-state index >= 15 is 0 Å². The van der Waals surface area contributed by atoms with E-state index in [1.54, 1.807) is 12.1 Å². The van der Waals surface area contributed by atoms with Gasteiger partial charge < -0.3 is 30.3 Å². The highest BCUT2D eigenvalue weighted by Gasteiger charge is 2.13. The molecule has 7 heteroatoms. The van der Waals surface area contributed by atoms with Crippen LogP contribution in [-0.4, -0.2) is 38.6 Å². The Balaban J connectivity index is 0.000000235. The Morgan fingerprint density at radius 2 is 1.29 bits per heavy atom. The summed E-state index contributed by atoms with van der Waals surface area (Å²) in [5.41, 5.74) is -0.0321. The van der Waals surface area contributed by atoms with Crippen molar-refractivity contribution >= 4 is 5.97 Å². The van der Waals surface area contributed by atoms with Crippen LogP contribution in [0.5, 0.6) is 28.7 Å². The molecule has 0 aliphatic rings. The number of para-hydroxylation sites is 2. The van der Waals surface area contributed by atoms with Gasteiger partial charge in [0.1, 0.15) is 0 Å². The number of carbonyl (C=O) groups excluding carboxylic acids is 1. The molecule has 5 N–H and O–H groups in total. The molecule has 2 aromatic rings. The molecule has 0 fully saturated rings. The minimum atomic E-state index is -0.703. The normalized spacial score (nSPS) is 9.38. The standard InChI is InChI=1S/C8H8O5.C6H6O2/c1-13-8(12)4-2-5(9)7(11)6(10)3-4;7-5-3-1-2-4-6(5)8/h2-3,9-11H,1H3;1-4,7-8H. The van der Waals surface area contributed by atoms with Crippen molar-refractivity contribution < 1.29 is 35.1 Å². The number of phenols is 5. The Labute approximate surface area is 119 Å². The van der Waals surface area contributed by atoms with Crippen LogP contribution in [0.1, 0.15) is 10.4 Å². The van der Waals surface area contributed by atoms with E-state index in [-0.39, 0.29) is 17.1 Å². The second-order valence-electron chi connectivity index (χ2n) is 3.84. The van der Waals surface area contributed by atoms with Gasteiger partial charge in [-0.25, -0.2) is 4.79 Å². The number of esters is 1. The zero-order valence-electron chi connectivity index (χ0n) is 11.0. The fourth-order valence-electron chi connectivity index (χ4n) is 1.30. The molecule has 0 spiro atoms. The number of methoxy groups -OCH3 is 1. The summed E-state index contributed by atoms with van der Waals surface area (Å²) in [6, 6.07) is 8.15. The summed E-state index contributed by atoms with van der Waals surface area (Å²) in [5, 5.41) is 44.3. The van der Waals surface area contributed by atoms with Crippen molar-refractivity contribution in [2.45, 2.75) is 0 Å². The van der Waals surface area contributed by atoms with E-state index < -0.39 is 23.2 Å². The van der Waals surface area contributed by atoms with Gasteiger partial charge in [0.15, 0.2) is 28.7 Å². The average Bonchev–Trinajstić information content (AvgIpc) is 2.47. The van der Waals surface area contributed by atoms with Crippen LogP contribution in [0.3, 0.4) is 0 Å². The largest absolute Gasteiger partial charge is 0.504 e. The highest BCUT2D eigenvalue weighted by Crippen LogP contribution is 2.35. The summed E-state index contributed by atoms with van der Waals surface area (Å²) in [7, 11) is 1.17. The number of phenolic OH excluding ortho intramolecular Hbond substituents is 5. The first kappa shape index (κ1) is 16.0. The molecule has 2 rings (SSSR count). The maximum Gasteiger partial charge on any atom is 0.338 e. The summed E-state index contributed by atoms with van der Waals surface area (Å²) in [6.07, 6.45) is 0. The van der Waals surface area contributed by atoms with E-state index in [1.165, 1.54) is 19.2 Å². The summed E-state index contributed by atoms with van der Waals surface area (Å²) in [4.78, 5) is 10.9. The SMILES string of the molecule is COC(=O)c1cc(O)c(O)c(O)c1.Oc1ccccc1O. The van der Waals surface area contributed by atoms with E-state index in [1.807, 2.05) is 0 Å². The van der Waals surface area contributed by atoms with Crippen LogP contribution in [0.25, 0.3) is 0 Å². The van der Waals surface area contributed by atoms with Gasteiger partial charge in [0.05, 0.1) is 12.7 Å². The smallest absolute Gasteiger partial charge is 0.338 e. The predicted molar refractivity (Wildman–Crippen MR) is 72.5 cm³/mol. The summed E-state index contributed by atoms with van der Waals surface area (Å²) in [6.45, 7) is 0. The third-order valence-electron chi connectivity index (χ3n) is 2.37. The lowest BCUT2D eigenvalue weighted by Crippen LogP contribution is -2.00. The molecule has 0 saturated heterocycles. The molecule has 0 aliphatic heterocycles. The molecule has 0 amide bonds. The monoisotopic (exact) mass is 294 g/mol. The highest BCUT2D eigenvalue weighted by molar-refractivity contribution is 5.90. The van der Waals surface area contributed by atoms with Crippen molar-refractivity contribution in [2.24, 2.45) is 0 Å². The topological polar surface area (TPSA) is 127 Å². The molecule has 0 aliphatic carbocycles. The van der Waals surface area contributed by atoms with Crippen LogP contribution in [0.15, 0.2) is 36.4 Å². The van der Waals surface area contributed by atoms with E-state index in [2.05, 4.69) is 4.74 Å². The van der Waals surface area contributed by atoms with Gasteiger partial charge in [-0.05, 0) is 24.3 Å². The number of aromatic hydroxyl groups is 5. The Kier molecular flexibility index (Phi) is 5.24. The minimum absolute atomic E-state index is 0.0321. The fraction of sp³-hybridized carbons (Fsp3) is 0.0714. The van der Waals surface area contributed by atoms with Gasteiger partial charge in [0, 0.05) is 0 Å². The van der Waals surface area contributed by atoms with Crippen molar-refractivity contribution in [2.75, 3.05) is 7.11 Å². The molecule has 0 bridgehead atoms. The molecule has 7 nitrogen and oxygen atoms in total. The molecule has 0 heterocycles. The first-order valence-corrected chi connectivity index (χ1v) is 5.67. The third-order valence-corrected chi connectivity index (χ3v) is 2.37. The Morgan fingerprint density at radius 1 is 0.857 bits per heavy atom. The molecule has 0 atom stereocenters. The molecule has 0 unspecified atom stereocenters. The average molecular weight is 294 g/mol. The van der Waals surface area contributed by atoms with E-state index in [4.69, 9.17) is 25.5 Å². The molecule has 21 heavy (non-hydrogen) atoms. The Bertz CT molecular complexity index is 593. The summed E-state index contributed by atoms with van der Waals surface area (Å²) in [5.74, 6) is -2.65. The van der Waals surface area contributed by atoms with Gasteiger partial charge in [0.25, 0.3) is 0 Å². The van der Waals surface area contributed by atoms with Crippen LogP contribution in [0, 0.1) is 0 Å². The van der Waals surface area contributed by atoms with Crippen molar-refractivity contribution in [1.82, 2.24) is 0 Å². The maximum atomic E-state index is 10.9. The number of benzene rings is 2. The molecule has 2 aromatic carbocycles. The summed E-state index contributed by atoms with van der Waals surface area (Å²) < 4.78 is 4.34. The second-order valence-corrected chi connectivity index (χ2v) is 3.84. The zero-order chi connectivity index (χ0) is 16.0. The van der Waals surface area contributed by atoms with Crippen molar-refractivity contribution in [1.29, 1.82) is 0 Å². The van der Waals surface area contributed by atoms with Crippen LogP contribution in [0.2, 0.25) is 0 Å². The first-order valence-electron chi connectivity index (χ1n) is 5.67. The number of hydrogen-bond donors (Lipinski definition) is 5. The van der Waals surface area contributed by atoms with Crippen LogP contribution >= 0.6 is 0 Å². The lowest BCUT2D eigenvalue weighted by molar-refractivity contribution is 0.0599. The molecule has 0 radical (unpaired) electrons. The van der Waals surface area contributed by atoms with Gasteiger partial charge >= 0.3 is 5.97 Å². The third kappa shape index (κ3) is 4.20. The number of hydrogen-bond acceptors (Lipinski definition) is 7. The molecular weight excluding hydrogens is 280 g/mol. The quantitative estimate of drug-likeness (QED) is 0.400. The van der Waals surface area contributed by atoms with Crippen molar-refractivity contribution in [3.8, 4) is 28.7 Å². The number of carbonyl (C=O) groups is 1. The second kappa shape index (κ2) is 6.90. The lowest BCUT2D eigenvalue weighted by Gasteiger charge is -2.03. The fourth-order valence-corrected chi connectivity index (χ4v) is 1.30. The maximum absolute atomic E-state index is 10.9. The van der Waals surface area contributed by atoms with E-state index in [0.717, 1.165) is 12.1 Å². The van der Waals surface area contributed by atoms with Gasteiger partial charge in [0.2, 0.25) is 0 Å². The van der Waals surface area contributed by atoms with E-state index in [0.29, 0.717) is 0 Å².